The smallest absolute Gasteiger partial charge is 0.465 e. The molecule has 16 nitrogen and oxygen atoms in total. The van der Waals surface area contributed by atoms with E-state index in [9.17, 15) is 19.7 Å². The van der Waals surface area contributed by atoms with Gasteiger partial charge in [-0.25, -0.2) is 9.59 Å². The molecule has 252 valence electrons. The maximum absolute atomic E-state index is 13.1. The molecule has 16 heteroatoms. The third kappa shape index (κ3) is 7.64. The fraction of sp³-hybridized carbons (Fsp3) is 0.273. The van der Waals surface area contributed by atoms with E-state index in [1.165, 1.54) is 0 Å². The lowest BCUT2D eigenvalue weighted by Crippen LogP contribution is -2.13. The number of aryl methyl sites for hydroxylation is 1. The molecule has 0 amide bonds. The Balaban J connectivity index is 1.17. The van der Waals surface area contributed by atoms with Gasteiger partial charge in [-0.15, -0.1) is 20.3 Å². The van der Waals surface area contributed by atoms with E-state index in [-0.39, 0.29) is 30.1 Å². The summed E-state index contributed by atoms with van der Waals surface area (Å²) in [5.41, 5.74) is 5.29. The Morgan fingerprint density at radius 3 is 2.57 bits per heavy atom. The summed E-state index contributed by atoms with van der Waals surface area (Å²) in [7, 11) is 0. The van der Waals surface area contributed by atoms with Gasteiger partial charge in [0, 0.05) is 12.0 Å². The molecule has 1 N–H and O–H groups in total. The number of carbonyl (C=O) groups is 1. The van der Waals surface area contributed by atoms with E-state index < -0.39 is 23.0 Å². The molecule has 3 heterocycles. The second-order valence-corrected chi connectivity index (χ2v) is 11.0. The number of aromatic nitrogens is 6. The molecule has 0 aliphatic heterocycles. The fourth-order valence-corrected chi connectivity index (χ4v) is 5.40. The highest BCUT2D eigenvalue weighted by Gasteiger charge is 2.20. The number of fused-ring (bicyclic) bond motifs is 1. The summed E-state index contributed by atoms with van der Waals surface area (Å²) in [4.78, 5) is 44.6. The number of nitrogens with one attached hydrogen (secondary N) is 1. The van der Waals surface area contributed by atoms with Crippen LogP contribution in [0.25, 0.3) is 33.5 Å². The number of tetrazole rings is 1. The van der Waals surface area contributed by atoms with Crippen molar-refractivity contribution in [1.29, 1.82) is 0 Å². The van der Waals surface area contributed by atoms with Crippen LogP contribution in [0.5, 0.6) is 6.01 Å². The lowest BCUT2D eigenvalue weighted by atomic mass is 9.98. The van der Waals surface area contributed by atoms with E-state index in [4.69, 9.17) is 18.3 Å². The number of esters is 1. The monoisotopic (exact) mass is 669 g/mol. The van der Waals surface area contributed by atoms with Crippen molar-refractivity contribution in [3.05, 3.63) is 110 Å². The van der Waals surface area contributed by atoms with Crippen molar-refractivity contribution in [1.82, 2.24) is 30.2 Å². The first kappa shape index (κ1) is 32.6. The van der Waals surface area contributed by atoms with Crippen molar-refractivity contribution in [3.8, 4) is 28.5 Å². The van der Waals surface area contributed by atoms with Crippen molar-refractivity contribution >= 4 is 17.0 Å². The van der Waals surface area contributed by atoms with Gasteiger partial charge >= 0.3 is 11.8 Å². The standard InChI is InChI=1S/C33H31N7O9/c1-3-45-32-34-26-16-15-23(31(41)46-19-29-28(47-33(42)48-29)10-6-7-20(2)49-40(43)44)17-27(26)39(32)18-21-11-13-22(14-12-21)24-8-4-5-9-25(24)30-35-37-38-36-30/h4-5,8-9,11-17,20H,3,6-7,10,18-19H2,1-2H3,(H,35,36,37,38)/t20-/m0/s1. The molecular weight excluding hydrogens is 638 g/mol. The number of ether oxygens (including phenoxy) is 2. The average molecular weight is 670 g/mol. The molecule has 0 radical (unpaired) electrons. The molecule has 6 rings (SSSR count). The number of benzene rings is 3. The van der Waals surface area contributed by atoms with Gasteiger partial charge < -0.3 is 23.1 Å². The van der Waals surface area contributed by atoms with E-state index in [0.717, 1.165) is 22.3 Å². The Kier molecular flexibility index (Phi) is 9.73. The van der Waals surface area contributed by atoms with Gasteiger partial charge in [-0.3, -0.25) is 4.57 Å². The molecule has 0 aliphatic rings. The summed E-state index contributed by atoms with van der Waals surface area (Å²) in [5, 5.41) is 24.1. The number of carbonyl (C=O) groups excluding carboxylic acids is 1. The van der Waals surface area contributed by atoms with E-state index in [2.05, 4.69) is 30.4 Å². The van der Waals surface area contributed by atoms with Gasteiger partial charge in [0.05, 0.1) is 29.7 Å². The molecule has 0 fully saturated rings. The summed E-state index contributed by atoms with van der Waals surface area (Å²) in [5.74, 6) is -0.823. The fourth-order valence-electron chi connectivity index (χ4n) is 5.40. The molecule has 3 aromatic heterocycles. The van der Waals surface area contributed by atoms with E-state index in [1.807, 2.05) is 60.0 Å². The van der Waals surface area contributed by atoms with Crippen LogP contribution in [-0.2, 0) is 29.1 Å². The van der Waals surface area contributed by atoms with Gasteiger partial charge in [0.25, 0.3) is 11.1 Å². The predicted molar refractivity (Wildman–Crippen MR) is 172 cm³/mol. The van der Waals surface area contributed by atoms with Crippen LogP contribution in [0.1, 0.15) is 54.1 Å². The predicted octanol–water partition coefficient (Wildman–Crippen LogP) is 5.15. The number of H-pyrrole nitrogens is 1. The summed E-state index contributed by atoms with van der Waals surface area (Å²) in [6, 6.07) is 21.2. The molecule has 0 bridgehead atoms. The zero-order valence-electron chi connectivity index (χ0n) is 26.5. The van der Waals surface area contributed by atoms with Crippen LogP contribution < -0.4 is 10.6 Å². The molecule has 1 atom stereocenters. The van der Waals surface area contributed by atoms with E-state index >= 15 is 0 Å². The number of aromatic amines is 1. The molecule has 0 aliphatic carbocycles. The van der Waals surface area contributed by atoms with Crippen LogP contribution in [0.3, 0.4) is 0 Å². The summed E-state index contributed by atoms with van der Waals surface area (Å²) in [6.07, 6.45) is 0.359. The number of nitrogens with zero attached hydrogens (tertiary/aromatic N) is 6. The Hall–Kier alpha value is -6.32. The van der Waals surface area contributed by atoms with Crippen molar-refractivity contribution in [2.45, 2.75) is 52.4 Å². The van der Waals surface area contributed by atoms with Crippen molar-refractivity contribution < 1.29 is 33.0 Å². The first-order chi connectivity index (χ1) is 23.8. The molecule has 0 unspecified atom stereocenters. The SMILES string of the molecule is CCOc1nc2ccc(C(=O)OCc3oc(=O)oc3CCC[C@H](C)O[N+](=O)[O-])cc2n1Cc1ccc(-c2ccccc2-c2nn[nH]n2)cc1. The third-order valence-corrected chi connectivity index (χ3v) is 7.68. The average Bonchev–Trinajstić information content (AvgIpc) is 3.83. The van der Waals surface area contributed by atoms with Crippen LogP contribution >= 0.6 is 0 Å². The Morgan fingerprint density at radius 2 is 1.84 bits per heavy atom. The molecular formula is C33H31N7O9. The van der Waals surface area contributed by atoms with Gasteiger partial charge in [0.1, 0.15) is 6.10 Å². The lowest BCUT2D eigenvalue weighted by molar-refractivity contribution is -0.767. The molecule has 0 saturated heterocycles. The van der Waals surface area contributed by atoms with E-state index in [1.54, 1.807) is 25.1 Å². The van der Waals surface area contributed by atoms with Crippen molar-refractivity contribution in [3.63, 3.8) is 0 Å². The number of rotatable bonds is 15. The van der Waals surface area contributed by atoms with Crippen LogP contribution in [-0.4, -0.2) is 53.9 Å². The summed E-state index contributed by atoms with van der Waals surface area (Å²) >= 11 is 0. The number of imidazole rings is 1. The quantitative estimate of drug-likeness (QED) is 0.0854. The van der Waals surface area contributed by atoms with Crippen LogP contribution in [0.2, 0.25) is 0 Å². The lowest BCUT2D eigenvalue weighted by Gasteiger charge is -2.11. The van der Waals surface area contributed by atoms with Gasteiger partial charge in [0.2, 0.25) is 5.82 Å². The largest absolute Gasteiger partial charge is 0.519 e. The van der Waals surface area contributed by atoms with Crippen LogP contribution in [0, 0.1) is 10.1 Å². The van der Waals surface area contributed by atoms with Crippen molar-refractivity contribution in [2.75, 3.05) is 6.61 Å². The second-order valence-electron chi connectivity index (χ2n) is 11.0. The second kappa shape index (κ2) is 14.6. The summed E-state index contributed by atoms with van der Waals surface area (Å²) < 4.78 is 23.4. The Bertz CT molecular complexity index is 2120. The third-order valence-electron chi connectivity index (χ3n) is 7.68. The number of hydrogen-bond donors (Lipinski definition) is 1. The molecule has 0 saturated carbocycles. The highest BCUT2D eigenvalue weighted by molar-refractivity contribution is 5.94. The molecule has 0 spiro atoms. The minimum atomic E-state index is -0.936. The maximum Gasteiger partial charge on any atom is 0.519 e. The Labute approximate surface area is 277 Å². The first-order valence-electron chi connectivity index (χ1n) is 15.4. The summed E-state index contributed by atoms with van der Waals surface area (Å²) in [6.45, 7) is 3.89. The van der Waals surface area contributed by atoms with Gasteiger partial charge in [-0.2, -0.15) is 10.2 Å². The van der Waals surface area contributed by atoms with Crippen LogP contribution in [0.15, 0.2) is 80.4 Å². The zero-order chi connectivity index (χ0) is 34.3. The number of hydrogen-bond acceptors (Lipinski definition) is 13. The molecule has 3 aromatic carbocycles. The minimum Gasteiger partial charge on any atom is -0.465 e. The minimum absolute atomic E-state index is 0.0642. The molecule has 6 aromatic rings. The Morgan fingerprint density at radius 1 is 1.06 bits per heavy atom. The van der Waals surface area contributed by atoms with Crippen molar-refractivity contribution in [2.24, 2.45) is 0 Å². The van der Waals surface area contributed by atoms with Gasteiger partial charge in [0.15, 0.2) is 18.1 Å². The van der Waals surface area contributed by atoms with Gasteiger partial charge in [-0.05, 0) is 66.8 Å². The van der Waals surface area contributed by atoms with Gasteiger partial charge in [-0.1, -0.05) is 48.5 Å². The first-order valence-corrected chi connectivity index (χ1v) is 15.4. The van der Waals surface area contributed by atoms with Crippen LogP contribution in [0.4, 0.5) is 0 Å². The maximum atomic E-state index is 13.1. The van der Waals surface area contributed by atoms with E-state index in [0.29, 0.717) is 48.9 Å². The zero-order valence-corrected chi connectivity index (χ0v) is 26.5. The highest BCUT2D eigenvalue weighted by atomic mass is 17.0. The molecule has 49 heavy (non-hydrogen) atoms. The highest BCUT2D eigenvalue weighted by Crippen LogP contribution is 2.31. The normalized spacial score (nSPS) is 11.8. The topological polar surface area (TPSA) is 204 Å².